The van der Waals surface area contributed by atoms with Crippen molar-refractivity contribution in [1.82, 2.24) is 5.32 Å². The number of thiocarbonyl (C=S) groups is 1. The predicted octanol–water partition coefficient (Wildman–Crippen LogP) is 3.36. The molecule has 0 heterocycles. The number of hydrogen-bond donors (Lipinski definition) is 2. The molecule has 21 heavy (non-hydrogen) atoms. The van der Waals surface area contributed by atoms with Gasteiger partial charge in [-0.1, -0.05) is 12.1 Å². The van der Waals surface area contributed by atoms with E-state index in [4.69, 9.17) is 17.0 Å². The Morgan fingerprint density at radius 2 is 1.95 bits per heavy atom. The molecular weight excluding hydrogens is 287 g/mol. The van der Waals surface area contributed by atoms with Crippen LogP contribution < -0.4 is 15.4 Å². The minimum Gasteiger partial charge on any atom is -0.497 e. The summed E-state index contributed by atoms with van der Waals surface area (Å²) in [5, 5.41) is 6.71. The van der Waals surface area contributed by atoms with Crippen LogP contribution in [0.15, 0.2) is 48.5 Å². The van der Waals surface area contributed by atoms with E-state index in [0.717, 1.165) is 17.0 Å². The Kier molecular flexibility index (Phi) is 5.51. The van der Waals surface area contributed by atoms with Crippen LogP contribution in [0.5, 0.6) is 5.75 Å². The Bertz CT molecular complexity index is 601. The smallest absolute Gasteiger partial charge is 0.170 e. The zero-order valence-corrected chi connectivity index (χ0v) is 12.5. The largest absolute Gasteiger partial charge is 0.497 e. The van der Waals surface area contributed by atoms with Crippen molar-refractivity contribution in [2.75, 3.05) is 19.0 Å². The Hall–Kier alpha value is -2.14. The highest BCUT2D eigenvalue weighted by atomic mass is 32.1. The molecule has 2 N–H and O–H groups in total. The minimum atomic E-state index is -0.216. The van der Waals surface area contributed by atoms with Gasteiger partial charge in [-0.05, 0) is 60.6 Å². The molecule has 0 atom stereocenters. The van der Waals surface area contributed by atoms with Crippen LogP contribution in [0.3, 0.4) is 0 Å². The lowest BCUT2D eigenvalue weighted by Crippen LogP contribution is -2.30. The quantitative estimate of drug-likeness (QED) is 0.830. The molecule has 0 fully saturated rings. The van der Waals surface area contributed by atoms with Gasteiger partial charge in [0.25, 0.3) is 0 Å². The molecule has 2 aromatic rings. The van der Waals surface area contributed by atoms with Crippen molar-refractivity contribution in [1.29, 1.82) is 0 Å². The topological polar surface area (TPSA) is 33.3 Å². The van der Waals surface area contributed by atoms with E-state index in [1.807, 2.05) is 30.3 Å². The van der Waals surface area contributed by atoms with Gasteiger partial charge in [-0.3, -0.25) is 0 Å². The Labute approximate surface area is 129 Å². The summed E-state index contributed by atoms with van der Waals surface area (Å²) in [4.78, 5) is 0. The van der Waals surface area contributed by atoms with Crippen LogP contribution in [-0.4, -0.2) is 18.8 Å². The number of anilines is 1. The third-order valence-electron chi connectivity index (χ3n) is 2.94. The predicted molar refractivity (Wildman–Crippen MR) is 87.3 cm³/mol. The minimum absolute atomic E-state index is 0.216. The molecule has 2 aromatic carbocycles. The molecule has 0 aliphatic carbocycles. The second-order valence-electron chi connectivity index (χ2n) is 4.49. The van der Waals surface area contributed by atoms with Crippen LogP contribution in [0.1, 0.15) is 5.56 Å². The van der Waals surface area contributed by atoms with Gasteiger partial charge in [-0.25, -0.2) is 4.39 Å². The van der Waals surface area contributed by atoms with E-state index in [2.05, 4.69) is 10.6 Å². The second-order valence-corrected chi connectivity index (χ2v) is 4.90. The third kappa shape index (κ3) is 5.04. The van der Waals surface area contributed by atoms with Crippen LogP contribution in [0.2, 0.25) is 0 Å². The van der Waals surface area contributed by atoms with E-state index < -0.39 is 0 Å². The van der Waals surface area contributed by atoms with Gasteiger partial charge in [-0.2, -0.15) is 0 Å². The molecule has 110 valence electrons. The molecule has 0 aliphatic rings. The van der Waals surface area contributed by atoms with Crippen molar-refractivity contribution in [3.63, 3.8) is 0 Å². The fraction of sp³-hybridized carbons (Fsp3) is 0.188. The molecule has 0 saturated carbocycles. The molecule has 0 bridgehead atoms. The fourth-order valence-electron chi connectivity index (χ4n) is 1.86. The lowest BCUT2D eigenvalue weighted by atomic mass is 10.1. The van der Waals surface area contributed by atoms with Crippen molar-refractivity contribution in [2.45, 2.75) is 6.42 Å². The summed E-state index contributed by atoms with van der Waals surface area (Å²) in [6.07, 6.45) is 0.711. The number of nitrogens with one attached hydrogen (secondary N) is 2. The summed E-state index contributed by atoms with van der Waals surface area (Å²) in [5.41, 5.74) is 1.83. The molecule has 0 unspecified atom stereocenters. The standard InChI is InChI=1S/C16H17FN2OS/c1-20-15-7-5-14(6-8-15)19-16(21)18-10-9-12-3-2-4-13(17)11-12/h2-8,11H,9-10H2,1H3,(H2,18,19,21). The molecule has 0 saturated heterocycles. The first kappa shape index (κ1) is 15.3. The average Bonchev–Trinajstić information content (AvgIpc) is 2.48. The maximum atomic E-state index is 13.0. The molecule has 0 aliphatic heterocycles. The number of methoxy groups -OCH3 is 1. The molecule has 0 radical (unpaired) electrons. The van der Waals surface area contributed by atoms with Crippen LogP contribution >= 0.6 is 12.2 Å². The highest BCUT2D eigenvalue weighted by molar-refractivity contribution is 7.80. The average molecular weight is 304 g/mol. The molecular formula is C16H17FN2OS. The maximum Gasteiger partial charge on any atom is 0.170 e. The van der Waals surface area contributed by atoms with Gasteiger partial charge >= 0.3 is 0 Å². The van der Waals surface area contributed by atoms with Crippen molar-refractivity contribution >= 4 is 23.0 Å². The van der Waals surface area contributed by atoms with Gasteiger partial charge in [0, 0.05) is 12.2 Å². The first-order valence-corrected chi connectivity index (χ1v) is 7.01. The summed E-state index contributed by atoms with van der Waals surface area (Å²) < 4.78 is 18.1. The highest BCUT2D eigenvalue weighted by Crippen LogP contribution is 2.14. The SMILES string of the molecule is COc1ccc(NC(=S)NCCc2cccc(F)c2)cc1. The van der Waals surface area contributed by atoms with Gasteiger partial charge in [0.05, 0.1) is 7.11 Å². The summed E-state index contributed by atoms with van der Waals surface area (Å²) >= 11 is 5.21. The number of benzene rings is 2. The number of halogens is 1. The molecule has 0 spiro atoms. The summed E-state index contributed by atoms with van der Waals surface area (Å²) in [5.74, 6) is 0.581. The Morgan fingerprint density at radius 3 is 2.62 bits per heavy atom. The fourth-order valence-corrected chi connectivity index (χ4v) is 2.08. The number of rotatable bonds is 5. The second kappa shape index (κ2) is 7.59. The number of hydrogen-bond acceptors (Lipinski definition) is 2. The van der Waals surface area contributed by atoms with Gasteiger partial charge in [-0.15, -0.1) is 0 Å². The van der Waals surface area contributed by atoms with Gasteiger partial charge in [0.2, 0.25) is 0 Å². The molecule has 5 heteroatoms. The zero-order valence-electron chi connectivity index (χ0n) is 11.7. The van der Waals surface area contributed by atoms with Crippen molar-refractivity contribution in [2.24, 2.45) is 0 Å². The van der Waals surface area contributed by atoms with Gasteiger partial charge in [0.15, 0.2) is 5.11 Å². The summed E-state index contributed by atoms with van der Waals surface area (Å²) in [6.45, 7) is 0.644. The van der Waals surface area contributed by atoms with Crippen molar-refractivity contribution < 1.29 is 9.13 Å². The molecule has 3 nitrogen and oxygen atoms in total. The molecule has 2 rings (SSSR count). The van der Waals surface area contributed by atoms with E-state index in [0.29, 0.717) is 18.1 Å². The van der Waals surface area contributed by atoms with E-state index in [9.17, 15) is 4.39 Å². The normalized spacial score (nSPS) is 10.0. The lowest BCUT2D eigenvalue weighted by Gasteiger charge is -2.11. The van der Waals surface area contributed by atoms with E-state index in [1.165, 1.54) is 12.1 Å². The van der Waals surface area contributed by atoms with Crippen LogP contribution in [0.25, 0.3) is 0 Å². The van der Waals surface area contributed by atoms with Crippen LogP contribution in [0, 0.1) is 5.82 Å². The zero-order chi connectivity index (χ0) is 15.1. The third-order valence-corrected chi connectivity index (χ3v) is 3.18. The van der Waals surface area contributed by atoms with Crippen molar-refractivity contribution in [3.05, 3.63) is 59.9 Å². The van der Waals surface area contributed by atoms with Gasteiger partial charge < -0.3 is 15.4 Å². The first-order valence-electron chi connectivity index (χ1n) is 6.61. The maximum absolute atomic E-state index is 13.0. The van der Waals surface area contributed by atoms with Crippen LogP contribution in [0.4, 0.5) is 10.1 Å². The summed E-state index contributed by atoms with van der Waals surface area (Å²) in [7, 11) is 1.63. The molecule has 0 aromatic heterocycles. The highest BCUT2D eigenvalue weighted by Gasteiger charge is 1.99. The summed E-state index contributed by atoms with van der Waals surface area (Å²) in [6, 6.07) is 14.1. The first-order chi connectivity index (χ1) is 10.2. The van der Waals surface area contributed by atoms with Crippen LogP contribution in [-0.2, 0) is 6.42 Å². The van der Waals surface area contributed by atoms with Crippen molar-refractivity contribution in [3.8, 4) is 5.75 Å². The van der Waals surface area contributed by atoms with E-state index >= 15 is 0 Å². The monoisotopic (exact) mass is 304 g/mol. The lowest BCUT2D eigenvalue weighted by molar-refractivity contribution is 0.415. The Balaban J connectivity index is 1.76. The Morgan fingerprint density at radius 1 is 1.19 bits per heavy atom. The van der Waals surface area contributed by atoms with Gasteiger partial charge in [0.1, 0.15) is 11.6 Å². The molecule has 0 amide bonds. The van der Waals surface area contributed by atoms with E-state index in [1.54, 1.807) is 13.2 Å². The van der Waals surface area contributed by atoms with E-state index in [-0.39, 0.29) is 5.82 Å². The number of ether oxygens (including phenoxy) is 1.